The second-order valence-corrected chi connectivity index (χ2v) is 6.45. The van der Waals surface area contributed by atoms with Crippen LogP contribution < -0.4 is 5.32 Å². The smallest absolute Gasteiger partial charge is 0.350 e. The summed E-state index contributed by atoms with van der Waals surface area (Å²) in [6, 6.07) is 7.36. The minimum Gasteiger partial charge on any atom is -0.462 e. The highest BCUT2D eigenvalue weighted by atomic mass is 32.1. The molecule has 1 N–H and O–H groups in total. The van der Waals surface area contributed by atoms with E-state index < -0.39 is 11.9 Å². The Labute approximate surface area is 153 Å². The lowest BCUT2D eigenvalue weighted by molar-refractivity contribution is 0.0531. The number of anilines is 1. The molecule has 1 aromatic carbocycles. The van der Waals surface area contributed by atoms with Gasteiger partial charge in [-0.1, -0.05) is 29.5 Å². The maximum atomic E-state index is 12.7. The average Bonchev–Trinajstić information content (AvgIpc) is 3.16. The van der Waals surface area contributed by atoms with Crippen molar-refractivity contribution in [3.05, 3.63) is 46.2 Å². The summed E-state index contributed by atoms with van der Waals surface area (Å²) in [7, 11) is 1.55. The summed E-state index contributed by atoms with van der Waals surface area (Å²) in [4.78, 5) is 29.2. The first-order chi connectivity index (χ1) is 12.5. The number of nitrogens with one attached hydrogen (secondary N) is 1. The molecule has 2 heterocycles. The molecule has 0 aliphatic rings. The lowest BCUT2D eigenvalue weighted by Gasteiger charge is -2.02. The van der Waals surface area contributed by atoms with E-state index in [4.69, 9.17) is 13.9 Å². The van der Waals surface area contributed by atoms with Crippen molar-refractivity contribution in [2.75, 3.05) is 19.0 Å². The highest BCUT2D eigenvalue weighted by Gasteiger charge is 2.23. The van der Waals surface area contributed by atoms with Crippen molar-refractivity contribution in [2.24, 2.45) is 0 Å². The van der Waals surface area contributed by atoms with E-state index in [2.05, 4.69) is 10.3 Å². The molecule has 7 nitrogen and oxygen atoms in total. The van der Waals surface area contributed by atoms with E-state index in [-0.39, 0.29) is 19.0 Å². The van der Waals surface area contributed by atoms with E-state index in [1.807, 2.05) is 18.2 Å². The summed E-state index contributed by atoms with van der Waals surface area (Å²) < 4.78 is 15.9. The van der Waals surface area contributed by atoms with Crippen LogP contribution in [0.5, 0.6) is 0 Å². The molecule has 0 saturated carbocycles. The quantitative estimate of drug-likeness (QED) is 0.661. The Hall–Kier alpha value is -2.71. The van der Waals surface area contributed by atoms with E-state index >= 15 is 0 Å². The first-order valence-corrected chi connectivity index (χ1v) is 8.82. The predicted octanol–water partition coefficient (Wildman–Crippen LogP) is 3.77. The van der Waals surface area contributed by atoms with Gasteiger partial charge in [-0.15, -0.1) is 0 Å². The van der Waals surface area contributed by atoms with Crippen molar-refractivity contribution >= 4 is 39.3 Å². The molecule has 8 heteroatoms. The fourth-order valence-corrected chi connectivity index (χ4v) is 3.41. The summed E-state index contributed by atoms with van der Waals surface area (Å²) in [5.41, 5.74) is 1.78. The Balaban J connectivity index is 1.89. The zero-order valence-electron chi connectivity index (χ0n) is 14.6. The summed E-state index contributed by atoms with van der Waals surface area (Å²) >= 11 is 1.07. The molecule has 0 bridgehead atoms. The Bertz CT molecular complexity index is 960. The largest absolute Gasteiger partial charge is 0.462 e. The van der Waals surface area contributed by atoms with Crippen LogP contribution in [0.2, 0.25) is 0 Å². The van der Waals surface area contributed by atoms with Crippen LogP contribution in [0.25, 0.3) is 11.0 Å². The van der Waals surface area contributed by atoms with Crippen molar-refractivity contribution in [3.8, 4) is 0 Å². The molecular formula is C18H18N2O5S. The van der Waals surface area contributed by atoms with Crippen LogP contribution in [0, 0.1) is 6.92 Å². The van der Waals surface area contributed by atoms with Gasteiger partial charge in [-0.2, -0.15) is 0 Å². The van der Waals surface area contributed by atoms with E-state index in [1.54, 1.807) is 27.0 Å². The first-order valence-electron chi connectivity index (χ1n) is 8.00. The lowest BCUT2D eigenvalue weighted by Crippen LogP contribution is -2.13. The van der Waals surface area contributed by atoms with Crippen molar-refractivity contribution in [2.45, 2.75) is 20.5 Å². The number of ether oxygens (including phenoxy) is 2. The Morgan fingerprint density at radius 3 is 2.81 bits per heavy atom. The van der Waals surface area contributed by atoms with E-state index in [0.29, 0.717) is 26.8 Å². The van der Waals surface area contributed by atoms with Gasteiger partial charge in [0.1, 0.15) is 10.5 Å². The zero-order chi connectivity index (χ0) is 18.7. The van der Waals surface area contributed by atoms with E-state index in [1.165, 1.54) is 0 Å². The molecule has 1 amide bonds. The number of methoxy groups -OCH3 is 1. The van der Waals surface area contributed by atoms with Crippen LogP contribution in [-0.2, 0) is 16.1 Å². The second kappa shape index (κ2) is 7.67. The molecule has 0 aliphatic heterocycles. The number of hydrogen-bond donors (Lipinski definition) is 1. The molecule has 3 rings (SSSR count). The third-order valence-electron chi connectivity index (χ3n) is 3.67. The van der Waals surface area contributed by atoms with Gasteiger partial charge in [0, 0.05) is 18.1 Å². The maximum absolute atomic E-state index is 12.7. The van der Waals surface area contributed by atoms with Gasteiger partial charge < -0.3 is 13.9 Å². The van der Waals surface area contributed by atoms with E-state index in [9.17, 15) is 9.59 Å². The predicted molar refractivity (Wildman–Crippen MR) is 97.7 cm³/mol. The minimum absolute atomic E-state index is 0.165. The van der Waals surface area contributed by atoms with Crippen LogP contribution in [0.1, 0.15) is 38.4 Å². The number of hydrogen-bond acceptors (Lipinski definition) is 7. The van der Waals surface area contributed by atoms with Gasteiger partial charge in [0.15, 0.2) is 10.9 Å². The summed E-state index contributed by atoms with van der Waals surface area (Å²) in [5.74, 6) is -0.734. The molecule has 3 aromatic rings. The Morgan fingerprint density at radius 2 is 2.08 bits per heavy atom. The van der Waals surface area contributed by atoms with Gasteiger partial charge >= 0.3 is 5.97 Å². The topological polar surface area (TPSA) is 90.7 Å². The van der Waals surface area contributed by atoms with Crippen molar-refractivity contribution < 1.29 is 23.5 Å². The molecule has 0 fully saturated rings. The second-order valence-electron chi connectivity index (χ2n) is 5.45. The molecule has 136 valence electrons. The third kappa shape index (κ3) is 3.47. The van der Waals surface area contributed by atoms with Crippen LogP contribution in [0.15, 0.2) is 28.7 Å². The maximum Gasteiger partial charge on any atom is 0.350 e. The minimum atomic E-state index is -0.452. The van der Waals surface area contributed by atoms with Gasteiger partial charge in [0.05, 0.1) is 18.9 Å². The Morgan fingerprint density at radius 1 is 1.31 bits per heavy atom. The number of nitrogens with zero attached hydrogens (tertiary/aromatic N) is 1. The normalized spacial score (nSPS) is 10.9. The van der Waals surface area contributed by atoms with Gasteiger partial charge in [-0.05, 0) is 19.9 Å². The monoisotopic (exact) mass is 374 g/mol. The number of fused-ring (bicyclic) bond motifs is 1. The standard InChI is InChI=1S/C18H18N2O5S/c1-4-24-17(22)15-10(2)19-18(26-15)20-16(21)14-12(9-23-3)11-7-5-6-8-13(11)25-14/h5-8H,4,9H2,1-3H3,(H,19,20,21). The fourth-order valence-electron chi connectivity index (χ4n) is 2.56. The molecule has 0 aliphatic carbocycles. The molecule has 0 unspecified atom stereocenters. The van der Waals surface area contributed by atoms with Crippen molar-refractivity contribution in [3.63, 3.8) is 0 Å². The first kappa shape index (κ1) is 18.1. The number of para-hydroxylation sites is 1. The third-order valence-corrected chi connectivity index (χ3v) is 4.72. The number of esters is 1. The van der Waals surface area contributed by atoms with Gasteiger partial charge in [0.25, 0.3) is 5.91 Å². The Kier molecular flexibility index (Phi) is 5.34. The van der Waals surface area contributed by atoms with Crippen LogP contribution in [0.3, 0.4) is 0 Å². The number of thiazole rings is 1. The summed E-state index contributed by atoms with van der Waals surface area (Å²) in [5, 5.41) is 3.81. The highest BCUT2D eigenvalue weighted by Crippen LogP contribution is 2.29. The van der Waals surface area contributed by atoms with Crippen molar-refractivity contribution in [1.29, 1.82) is 0 Å². The number of furan rings is 1. The van der Waals surface area contributed by atoms with Gasteiger partial charge in [-0.3, -0.25) is 10.1 Å². The molecule has 0 atom stereocenters. The number of rotatable bonds is 6. The SMILES string of the molecule is CCOC(=O)c1sc(NC(=O)c2oc3ccccc3c2COC)nc1C. The van der Waals surface area contributed by atoms with E-state index in [0.717, 1.165) is 16.7 Å². The fraction of sp³-hybridized carbons (Fsp3) is 0.278. The zero-order valence-corrected chi connectivity index (χ0v) is 15.4. The lowest BCUT2D eigenvalue weighted by atomic mass is 10.1. The molecule has 0 spiro atoms. The van der Waals surface area contributed by atoms with Gasteiger partial charge in [0.2, 0.25) is 0 Å². The average molecular weight is 374 g/mol. The number of carbonyl (C=O) groups excluding carboxylic acids is 2. The number of aromatic nitrogens is 1. The van der Waals surface area contributed by atoms with Crippen LogP contribution >= 0.6 is 11.3 Å². The number of benzene rings is 1. The van der Waals surface area contributed by atoms with Crippen LogP contribution in [0.4, 0.5) is 5.13 Å². The molecular weight excluding hydrogens is 356 g/mol. The summed E-state index contributed by atoms with van der Waals surface area (Å²) in [6.45, 7) is 3.94. The molecule has 26 heavy (non-hydrogen) atoms. The number of carbonyl (C=O) groups is 2. The summed E-state index contributed by atoms with van der Waals surface area (Å²) in [6.07, 6.45) is 0. The molecule has 2 aromatic heterocycles. The molecule has 0 saturated heterocycles. The van der Waals surface area contributed by atoms with Crippen molar-refractivity contribution in [1.82, 2.24) is 4.98 Å². The highest BCUT2D eigenvalue weighted by molar-refractivity contribution is 7.17. The van der Waals surface area contributed by atoms with Crippen LogP contribution in [-0.4, -0.2) is 30.6 Å². The number of aryl methyl sites for hydroxylation is 1. The molecule has 0 radical (unpaired) electrons. The van der Waals surface area contributed by atoms with Gasteiger partial charge in [-0.25, -0.2) is 9.78 Å². The number of amides is 1.